The van der Waals surface area contributed by atoms with Crippen molar-refractivity contribution in [3.8, 4) is 0 Å². The van der Waals surface area contributed by atoms with Gasteiger partial charge in [0.15, 0.2) is 23.3 Å². The number of benzene rings is 4. The van der Waals surface area contributed by atoms with Gasteiger partial charge in [0.05, 0.1) is 21.4 Å². The summed E-state index contributed by atoms with van der Waals surface area (Å²) < 4.78 is 0. The number of aromatic nitrogens is 4. The standard InChI is InChI=1S/C45H44N8/c1-5-35-36(6-2)48-42(41(47-35)46-31-19-9-7-10-20-31)49-37-25-15-13-23-33(37)45(4)30(3)29-53(32-21-11-8-12-22-32)44-43(50-38-26-16-14-24-34(38)45)51-39-27-17-18-28-40(39)52-44/h5-16,19-28,30H,17-18,29H2,1-4H3,(H,46,47)(H,48,49)(H,50,51)/b35-5+,36-6+. The molecule has 2 unspecified atom stereocenters. The van der Waals surface area contributed by atoms with Crippen molar-refractivity contribution < 1.29 is 0 Å². The SMILES string of the molecule is C/C=c1/nc(Nc2ccccc2)c(Nc2ccccc2C2(C)c3ccccc3Nc3nc4c(nc3N(c3ccccc3)CC2C)=CCCC=4)n/c1=C/C. The normalized spacial score (nSPS) is 18.5. The molecule has 1 aliphatic carbocycles. The molecule has 0 saturated carbocycles. The Labute approximate surface area is 310 Å². The quantitative estimate of drug-likeness (QED) is 0.165. The fraction of sp³-hybridized carbons (Fsp3) is 0.200. The molecule has 2 atom stereocenters. The predicted octanol–water partition coefficient (Wildman–Crippen LogP) is 7.55. The molecule has 8 heteroatoms. The average molecular weight is 697 g/mol. The number of para-hydroxylation sites is 4. The van der Waals surface area contributed by atoms with E-state index in [1.54, 1.807) is 0 Å². The van der Waals surface area contributed by atoms with Crippen molar-refractivity contribution in [3.63, 3.8) is 0 Å². The molecule has 0 saturated heterocycles. The Kier molecular flexibility index (Phi) is 9.19. The number of hydrogen-bond acceptors (Lipinski definition) is 8. The number of rotatable bonds is 6. The largest absolute Gasteiger partial charge is 0.337 e. The molecule has 53 heavy (non-hydrogen) atoms. The van der Waals surface area contributed by atoms with Crippen molar-refractivity contribution in [2.75, 3.05) is 27.4 Å². The molecule has 0 amide bonds. The van der Waals surface area contributed by atoms with E-state index in [0.717, 1.165) is 74.2 Å². The Hall–Kier alpha value is -6.28. The summed E-state index contributed by atoms with van der Waals surface area (Å²) in [7, 11) is 0. The molecular formula is C45H44N8. The highest BCUT2D eigenvalue weighted by Crippen LogP contribution is 2.48. The van der Waals surface area contributed by atoms with Crippen LogP contribution in [0.4, 0.5) is 46.0 Å². The number of nitrogens with zero attached hydrogens (tertiary/aromatic N) is 5. The van der Waals surface area contributed by atoms with Crippen LogP contribution in [-0.4, -0.2) is 26.5 Å². The average Bonchev–Trinajstić information content (AvgIpc) is 3.24. The van der Waals surface area contributed by atoms with Gasteiger partial charge < -0.3 is 20.9 Å². The lowest BCUT2D eigenvalue weighted by molar-refractivity contribution is 0.383. The van der Waals surface area contributed by atoms with Gasteiger partial charge in [-0.1, -0.05) is 111 Å². The van der Waals surface area contributed by atoms with Gasteiger partial charge in [0.2, 0.25) is 0 Å². The highest BCUT2D eigenvalue weighted by Gasteiger charge is 2.41. The summed E-state index contributed by atoms with van der Waals surface area (Å²) in [6.07, 6.45) is 10.3. The maximum absolute atomic E-state index is 5.30. The second-order valence-electron chi connectivity index (χ2n) is 13.8. The molecule has 2 aromatic heterocycles. The minimum Gasteiger partial charge on any atom is -0.337 e. The summed E-state index contributed by atoms with van der Waals surface area (Å²) in [5, 5.41) is 14.6. The monoisotopic (exact) mass is 696 g/mol. The third kappa shape index (κ3) is 6.41. The van der Waals surface area contributed by atoms with Crippen LogP contribution in [0.1, 0.15) is 51.7 Å². The molecule has 264 valence electrons. The van der Waals surface area contributed by atoms with Gasteiger partial charge in [-0.2, -0.15) is 0 Å². The summed E-state index contributed by atoms with van der Waals surface area (Å²) in [6.45, 7) is 9.38. The summed E-state index contributed by atoms with van der Waals surface area (Å²) in [5.41, 5.74) is 5.77. The van der Waals surface area contributed by atoms with Gasteiger partial charge in [0.1, 0.15) is 0 Å². The number of fused-ring (bicyclic) bond motifs is 3. The third-order valence-electron chi connectivity index (χ3n) is 10.6. The summed E-state index contributed by atoms with van der Waals surface area (Å²) in [5.74, 6) is 2.95. The van der Waals surface area contributed by atoms with E-state index in [1.165, 1.54) is 5.56 Å². The molecular weight excluding hydrogens is 653 g/mol. The highest BCUT2D eigenvalue weighted by molar-refractivity contribution is 5.79. The van der Waals surface area contributed by atoms with E-state index in [9.17, 15) is 0 Å². The molecule has 8 nitrogen and oxygen atoms in total. The van der Waals surface area contributed by atoms with Crippen LogP contribution in [0.2, 0.25) is 0 Å². The Balaban J connectivity index is 1.31. The molecule has 6 aromatic rings. The molecule has 2 aliphatic rings. The Morgan fingerprint density at radius 1 is 0.679 bits per heavy atom. The second kappa shape index (κ2) is 14.4. The maximum Gasteiger partial charge on any atom is 0.177 e. The van der Waals surface area contributed by atoms with E-state index < -0.39 is 5.41 Å². The second-order valence-corrected chi connectivity index (χ2v) is 13.8. The van der Waals surface area contributed by atoms with Gasteiger partial charge in [-0.15, -0.1) is 0 Å². The molecule has 0 spiro atoms. The van der Waals surface area contributed by atoms with E-state index >= 15 is 0 Å². The fourth-order valence-electron chi connectivity index (χ4n) is 7.58. The molecule has 3 heterocycles. The van der Waals surface area contributed by atoms with Crippen LogP contribution in [0, 0.1) is 5.92 Å². The Morgan fingerprint density at radius 2 is 1.26 bits per heavy atom. The zero-order valence-electron chi connectivity index (χ0n) is 30.6. The first-order chi connectivity index (χ1) is 26.0. The van der Waals surface area contributed by atoms with Gasteiger partial charge >= 0.3 is 0 Å². The lowest BCUT2D eigenvalue weighted by atomic mass is 9.66. The van der Waals surface area contributed by atoms with Crippen LogP contribution >= 0.6 is 0 Å². The van der Waals surface area contributed by atoms with Crippen LogP contribution in [0.25, 0.3) is 24.3 Å². The number of hydrogen-bond donors (Lipinski definition) is 3. The van der Waals surface area contributed by atoms with Crippen molar-refractivity contribution in [3.05, 3.63) is 142 Å². The minimum atomic E-state index is -0.503. The molecule has 0 fully saturated rings. The van der Waals surface area contributed by atoms with Crippen LogP contribution in [-0.2, 0) is 5.41 Å². The van der Waals surface area contributed by atoms with Crippen molar-refractivity contribution in [1.29, 1.82) is 0 Å². The highest BCUT2D eigenvalue weighted by atomic mass is 15.2. The minimum absolute atomic E-state index is 0.0810. The Morgan fingerprint density at radius 3 is 1.96 bits per heavy atom. The molecule has 3 N–H and O–H groups in total. The smallest absolute Gasteiger partial charge is 0.177 e. The third-order valence-corrected chi connectivity index (χ3v) is 10.6. The lowest BCUT2D eigenvalue weighted by Gasteiger charge is -2.41. The van der Waals surface area contributed by atoms with Crippen molar-refractivity contribution >= 4 is 70.3 Å². The van der Waals surface area contributed by atoms with E-state index in [0.29, 0.717) is 18.2 Å². The van der Waals surface area contributed by atoms with Gasteiger partial charge in [-0.25, -0.2) is 19.9 Å². The van der Waals surface area contributed by atoms with Gasteiger partial charge in [0, 0.05) is 34.7 Å². The summed E-state index contributed by atoms with van der Waals surface area (Å²) >= 11 is 0. The first-order valence-electron chi connectivity index (χ1n) is 18.4. The van der Waals surface area contributed by atoms with Crippen LogP contribution < -0.4 is 42.2 Å². The molecule has 4 aromatic carbocycles. The van der Waals surface area contributed by atoms with Crippen molar-refractivity contribution in [1.82, 2.24) is 19.9 Å². The zero-order chi connectivity index (χ0) is 36.4. The van der Waals surface area contributed by atoms with Gasteiger partial charge in [-0.05, 0) is 80.1 Å². The summed E-state index contributed by atoms with van der Waals surface area (Å²) in [4.78, 5) is 23.0. The van der Waals surface area contributed by atoms with E-state index in [-0.39, 0.29) is 5.92 Å². The molecule has 0 bridgehead atoms. The van der Waals surface area contributed by atoms with Crippen molar-refractivity contribution in [2.24, 2.45) is 5.92 Å². The van der Waals surface area contributed by atoms with Crippen LogP contribution in [0.15, 0.2) is 109 Å². The van der Waals surface area contributed by atoms with Gasteiger partial charge in [0.25, 0.3) is 0 Å². The number of nitrogens with one attached hydrogen (secondary N) is 3. The molecule has 0 radical (unpaired) electrons. The van der Waals surface area contributed by atoms with Crippen LogP contribution in [0.5, 0.6) is 0 Å². The molecule has 1 aliphatic heterocycles. The van der Waals surface area contributed by atoms with Crippen LogP contribution in [0.3, 0.4) is 0 Å². The van der Waals surface area contributed by atoms with E-state index in [2.05, 4.69) is 126 Å². The predicted molar refractivity (Wildman–Crippen MR) is 219 cm³/mol. The Bertz CT molecular complexity index is 2530. The van der Waals surface area contributed by atoms with Gasteiger partial charge in [-0.3, -0.25) is 0 Å². The topological polar surface area (TPSA) is 90.9 Å². The fourth-order valence-corrected chi connectivity index (χ4v) is 7.58. The zero-order valence-corrected chi connectivity index (χ0v) is 30.6. The lowest BCUT2D eigenvalue weighted by Crippen LogP contribution is -2.40. The number of anilines is 8. The van der Waals surface area contributed by atoms with Crippen molar-refractivity contribution in [2.45, 2.75) is 46.0 Å². The molecule has 8 rings (SSSR count). The van der Waals surface area contributed by atoms with E-state index in [1.807, 2.05) is 56.3 Å². The first-order valence-corrected chi connectivity index (χ1v) is 18.4. The maximum atomic E-state index is 5.30. The summed E-state index contributed by atoms with van der Waals surface area (Å²) in [6, 6.07) is 37.9. The first kappa shape index (κ1) is 33.8. The van der Waals surface area contributed by atoms with E-state index in [4.69, 9.17) is 19.9 Å².